The van der Waals surface area contributed by atoms with Gasteiger partial charge in [0.05, 0.1) is 34.5 Å². The molecule has 7 nitrogen and oxygen atoms in total. The van der Waals surface area contributed by atoms with Gasteiger partial charge >= 0.3 is 0 Å². The van der Waals surface area contributed by atoms with Gasteiger partial charge in [0.25, 0.3) is 11.7 Å². The predicted molar refractivity (Wildman–Crippen MR) is 121 cm³/mol. The smallest absolute Gasteiger partial charge is 0.296 e. The van der Waals surface area contributed by atoms with E-state index in [1.165, 1.54) is 6.20 Å². The number of nitrogens with zero attached hydrogens (tertiary/aromatic N) is 3. The molecule has 0 aliphatic rings. The van der Waals surface area contributed by atoms with Crippen LogP contribution in [0.25, 0.3) is 5.69 Å². The standard InChI is InChI=1S/C25H22N4O3/c1-17-23(18(2)29(28-17)21-11-7-4-8-12-21)24(30)25(31)27-20-13-14-22(26-15-20)32-16-19-9-5-3-6-10-19/h3-15H,16H2,1-2H3,(H,27,31). The molecule has 4 aromatic rings. The second-order valence-corrected chi connectivity index (χ2v) is 7.24. The zero-order chi connectivity index (χ0) is 22.5. The molecule has 4 rings (SSSR count). The largest absolute Gasteiger partial charge is 0.473 e. The zero-order valence-electron chi connectivity index (χ0n) is 17.8. The number of amides is 1. The molecule has 1 N–H and O–H groups in total. The third kappa shape index (κ3) is 4.57. The monoisotopic (exact) mass is 426 g/mol. The topological polar surface area (TPSA) is 86.1 Å². The van der Waals surface area contributed by atoms with Crippen molar-refractivity contribution in [1.29, 1.82) is 0 Å². The lowest BCUT2D eigenvalue weighted by Crippen LogP contribution is -2.24. The van der Waals surface area contributed by atoms with Crippen LogP contribution in [0.5, 0.6) is 5.88 Å². The van der Waals surface area contributed by atoms with Crippen molar-refractivity contribution < 1.29 is 14.3 Å². The van der Waals surface area contributed by atoms with Crippen molar-refractivity contribution in [2.45, 2.75) is 20.5 Å². The molecular weight excluding hydrogens is 404 g/mol. The number of hydrogen-bond donors (Lipinski definition) is 1. The summed E-state index contributed by atoms with van der Waals surface area (Å²) in [5.74, 6) is -0.968. The summed E-state index contributed by atoms with van der Waals surface area (Å²) in [5, 5.41) is 7.04. The minimum Gasteiger partial charge on any atom is -0.473 e. The van der Waals surface area contributed by atoms with Crippen LogP contribution in [0.4, 0.5) is 5.69 Å². The van der Waals surface area contributed by atoms with Crippen molar-refractivity contribution in [3.05, 3.63) is 102 Å². The molecule has 0 radical (unpaired) electrons. The van der Waals surface area contributed by atoms with Crippen LogP contribution in [0.1, 0.15) is 27.3 Å². The summed E-state index contributed by atoms with van der Waals surface area (Å²) in [7, 11) is 0. The number of carbonyl (C=O) groups excluding carboxylic acids is 2. The van der Waals surface area contributed by atoms with Gasteiger partial charge in [-0.05, 0) is 37.6 Å². The fourth-order valence-electron chi connectivity index (χ4n) is 3.36. The maximum Gasteiger partial charge on any atom is 0.296 e. The van der Waals surface area contributed by atoms with Gasteiger partial charge in [-0.25, -0.2) is 9.67 Å². The molecule has 2 aromatic carbocycles. The number of Topliss-reactive ketones (excluding diaryl/α,β-unsaturated/α-hetero) is 1. The van der Waals surface area contributed by atoms with Gasteiger partial charge in [-0.15, -0.1) is 0 Å². The van der Waals surface area contributed by atoms with Crippen LogP contribution in [0.3, 0.4) is 0 Å². The first-order chi connectivity index (χ1) is 15.5. The maximum atomic E-state index is 12.9. The molecule has 2 heterocycles. The molecule has 0 bridgehead atoms. The summed E-state index contributed by atoms with van der Waals surface area (Å²) in [6.07, 6.45) is 1.46. The van der Waals surface area contributed by atoms with Crippen molar-refractivity contribution in [2.24, 2.45) is 0 Å². The van der Waals surface area contributed by atoms with Crippen molar-refractivity contribution in [1.82, 2.24) is 14.8 Å². The van der Waals surface area contributed by atoms with Gasteiger partial charge in [0, 0.05) is 6.07 Å². The molecule has 0 unspecified atom stereocenters. The van der Waals surface area contributed by atoms with Gasteiger partial charge < -0.3 is 10.1 Å². The Hall–Kier alpha value is -4.26. The lowest BCUT2D eigenvalue weighted by molar-refractivity contribution is -0.112. The Bertz CT molecular complexity index is 1230. The lowest BCUT2D eigenvalue weighted by atomic mass is 10.1. The summed E-state index contributed by atoms with van der Waals surface area (Å²) in [6, 6.07) is 22.5. The van der Waals surface area contributed by atoms with Crippen LogP contribution in [0.2, 0.25) is 0 Å². The first-order valence-electron chi connectivity index (χ1n) is 10.1. The third-order valence-corrected chi connectivity index (χ3v) is 4.95. The molecule has 1 amide bonds. The van der Waals surface area contributed by atoms with Crippen LogP contribution in [-0.2, 0) is 11.4 Å². The van der Waals surface area contributed by atoms with E-state index in [9.17, 15) is 9.59 Å². The fourth-order valence-corrected chi connectivity index (χ4v) is 3.36. The molecule has 2 aromatic heterocycles. The number of pyridine rings is 1. The van der Waals surface area contributed by atoms with Crippen molar-refractivity contribution >= 4 is 17.4 Å². The van der Waals surface area contributed by atoms with E-state index in [1.807, 2.05) is 60.7 Å². The average Bonchev–Trinajstić information content (AvgIpc) is 3.13. The molecule has 160 valence electrons. The van der Waals surface area contributed by atoms with Gasteiger partial charge in [-0.3, -0.25) is 9.59 Å². The summed E-state index contributed by atoms with van der Waals surface area (Å²) in [5.41, 5.74) is 3.65. The Kier molecular flexibility index (Phi) is 6.07. The van der Waals surface area contributed by atoms with E-state index in [4.69, 9.17) is 4.74 Å². The van der Waals surface area contributed by atoms with Gasteiger partial charge in [-0.2, -0.15) is 5.10 Å². The quantitative estimate of drug-likeness (QED) is 0.352. The van der Waals surface area contributed by atoms with E-state index >= 15 is 0 Å². The number of carbonyl (C=O) groups is 2. The number of nitrogens with one attached hydrogen (secondary N) is 1. The summed E-state index contributed by atoms with van der Waals surface area (Å²) < 4.78 is 7.31. The molecule has 0 saturated heterocycles. The Morgan fingerprint density at radius 2 is 1.62 bits per heavy atom. The van der Waals surface area contributed by atoms with Gasteiger partial charge in [-0.1, -0.05) is 48.5 Å². The second-order valence-electron chi connectivity index (χ2n) is 7.24. The number of ether oxygens (including phenoxy) is 1. The molecule has 0 fully saturated rings. The number of anilines is 1. The zero-order valence-corrected chi connectivity index (χ0v) is 17.8. The summed E-state index contributed by atoms with van der Waals surface area (Å²) in [6.45, 7) is 3.88. The number of rotatable bonds is 7. The van der Waals surface area contributed by atoms with Crippen molar-refractivity contribution in [2.75, 3.05) is 5.32 Å². The molecular formula is C25H22N4O3. The van der Waals surface area contributed by atoms with Crippen LogP contribution in [-0.4, -0.2) is 26.5 Å². The normalized spacial score (nSPS) is 10.6. The Morgan fingerprint density at radius 3 is 2.28 bits per heavy atom. The highest BCUT2D eigenvalue weighted by atomic mass is 16.5. The number of aryl methyl sites for hydroxylation is 1. The molecule has 0 saturated carbocycles. The highest BCUT2D eigenvalue weighted by Crippen LogP contribution is 2.19. The fraction of sp³-hybridized carbons (Fsp3) is 0.120. The molecule has 0 spiro atoms. The molecule has 0 atom stereocenters. The average molecular weight is 426 g/mol. The van der Waals surface area contributed by atoms with Crippen molar-refractivity contribution in [3.8, 4) is 11.6 Å². The maximum absolute atomic E-state index is 12.9. The van der Waals surface area contributed by atoms with E-state index in [1.54, 1.807) is 30.7 Å². The van der Waals surface area contributed by atoms with E-state index in [0.717, 1.165) is 11.3 Å². The number of para-hydroxylation sites is 1. The molecule has 7 heteroatoms. The number of ketones is 1. The van der Waals surface area contributed by atoms with E-state index in [2.05, 4.69) is 15.4 Å². The Labute approximate surface area is 185 Å². The lowest BCUT2D eigenvalue weighted by Gasteiger charge is -2.08. The van der Waals surface area contributed by atoms with E-state index < -0.39 is 11.7 Å². The summed E-state index contributed by atoms with van der Waals surface area (Å²) in [4.78, 5) is 29.6. The van der Waals surface area contributed by atoms with Crippen LogP contribution < -0.4 is 10.1 Å². The first-order valence-corrected chi connectivity index (χ1v) is 10.1. The molecule has 0 aliphatic carbocycles. The number of hydrogen-bond acceptors (Lipinski definition) is 5. The van der Waals surface area contributed by atoms with Gasteiger partial charge in [0.1, 0.15) is 6.61 Å². The molecule has 0 aliphatic heterocycles. The minimum atomic E-state index is -0.747. The van der Waals surface area contributed by atoms with Gasteiger partial charge in [0.15, 0.2) is 0 Å². The van der Waals surface area contributed by atoms with Crippen molar-refractivity contribution in [3.63, 3.8) is 0 Å². The predicted octanol–water partition coefficient (Wildman–Crippen LogP) is 4.28. The third-order valence-electron chi connectivity index (χ3n) is 4.95. The Morgan fingerprint density at radius 1 is 0.938 bits per heavy atom. The van der Waals surface area contributed by atoms with E-state index in [-0.39, 0.29) is 0 Å². The highest BCUT2D eigenvalue weighted by Gasteiger charge is 2.25. The van der Waals surface area contributed by atoms with E-state index in [0.29, 0.717) is 35.1 Å². The minimum absolute atomic E-state index is 0.294. The number of benzene rings is 2. The molecule has 32 heavy (non-hydrogen) atoms. The first kappa shape index (κ1) is 21.0. The second kappa shape index (κ2) is 9.26. The van der Waals surface area contributed by atoms with Crippen LogP contribution in [0, 0.1) is 13.8 Å². The van der Waals surface area contributed by atoms with Crippen LogP contribution >= 0.6 is 0 Å². The van der Waals surface area contributed by atoms with Gasteiger partial charge in [0.2, 0.25) is 5.88 Å². The Balaban J connectivity index is 1.43. The number of aromatic nitrogens is 3. The highest BCUT2D eigenvalue weighted by molar-refractivity contribution is 6.47. The SMILES string of the molecule is Cc1nn(-c2ccccc2)c(C)c1C(=O)C(=O)Nc1ccc(OCc2ccccc2)nc1. The summed E-state index contributed by atoms with van der Waals surface area (Å²) >= 11 is 0. The van der Waals surface area contributed by atoms with Crippen LogP contribution in [0.15, 0.2) is 79.0 Å².